The van der Waals surface area contributed by atoms with E-state index in [2.05, 4.69) is 0 Å². The molecule has 0 rings (SSSR count). The Balaban J connectivity index is 0. The third-order valence-corrected chi connectivity index (χ3v) is 0.542. The van der Waals surface area contributed by atoms with Crippen LogP contribution in [0.4, 0.5) is 0 Å². The van der Waals surface area contributed by atoms with Crippen LogP contribution in [-0.4, -0.2) is 22.2 Å². The van der Waals surface area contributed by atoms with E-state index >= 15 is 0 Å². The van der Waals surface area contributed by atoms with Gasteiger partial charge in [-0.1, -0.05) is 18.2 Å². The standard InChI is InChI=1S/C6H8O2.C2H4O2/c1-2-3-4-5-6(7)8;1-2(3)4/h2-5H,1H3,(H,7,8);1H3,(H,3,4)/b3-2+,5-4+;. The third-order valence-electron chi connectivity index (χ3n) is 0.542. The lowest BCUT2D eigenvalue weighted by atomic mass is 10.4. The fourth-order valence-corrected chi connectivity index (χ4v) is 0.249. The first-order valence-corrected chi connectivity index (χ1v) is 3.22. The van der Waals surface area contributed by atoms with Crippen LogP contribution in [0.3, 0.4) is 0 Å². The van der Waals surface area contributed by atoms with Crippen LogP contribution in [0, 0.1) is 0 Å². The van der Waals surface area contributed by atoms with Crippen molar-refractivity contribution < 1.29 is 19.8 Å². The molecule has 0 heterocycles. The summed E-state index contributed by atoms with van der Waals surface area (Å²) in [5.41, 5.74) is 0. The van der Waals surface area contributed by atoms with E-state index in [1.165, 1.54) is 6.08 Å². The normalized spacial score (nSPS) is 9.50. The first kappa shape index (κ1) is 13.0. The van der Waals surface area contributed by atoms with Gasteiger partial charge in [0.2, 0.25) is 0 Å². The van der Waals surface area contributed by atoms with E-state index in [1.54, 1.807) is 12.2 Å². The second kappa shape index (κ2) is 9.42. The van der Waals surface area contributed by atoms with E-state index in [0.29, 0.717) is 0 Å². The molecule has 0 aliphatic carbocycles. The fourth-order valence-electron chi connectivity index (χ4n) is 0.249. The fraction of sp³-hybridized carbons (Fsp3) is 0.250. The number of carboxylic acid groups (broad SMARTS) is 2. The zero-order valence-corrected chi connectivity index (χ0v) is 7.02. The monoisotopic (exact) mass is 172 g/mol. The molecule has 0 fully saturated rings. The van der Waals surface area contributed by atoms with Crippen LogP contribution >= 0.6 is 0 Å². The van der Waals surface area contributed by atoms with E-state index < -0.39 is 11.9 Å². The topological polar surface area (TPSA) is 74.6 Å². The summed E-state index contributed by atoms with van der Waals surface area (Å²) < 4.78 is 0. The van der Waals surface area contributed by atoms with Crippen molar-refractivity contribution in [2.75, 3.05) is 0 Å². The summed E-state index contributed by atoms with van der Waals surface area (Å²) in [6.45, 7) is 2.91. The van der Waals surface area contributed by atoms with Crippen LogP contribution in [-0.2, 0) is 9.59 Å². The summed E-state index contributed by atoms with van der Waals surface area (Å²) in [6.07, 6.45) is 5.98. The molecule has 0 aliphatic rings. The highest BCUT2D eigenvalue weighted by Crippen LogP contribution is 1.74. The summed E-state index contributed by atoms with van der Waals surface area (Å²) in [5, 5.41) is 15.4. The van der Waals surface area contributed by atoms with Crippen LogP contribution < -0.4 is 0 Å². The lowest BCUT2D eigenvalue weighted by Crippen LogP contribution is -1.83. The van der Waals surface area contributed by atoms with Gasteiger partial charge in [-0.3, -0.25) is 4.79 Å². The van der Waals surface area contributed by atoms with Gasteiger partial charge < -0.3 is 10.2 Å². The first-order chi connectivity index (χ1) is 5.50. The lowest BCUT2D eigenvalue weighted by molar-refractivity contribution is -0.134. The van der Waals surface area contributed by atoms with Crippen molar-refractivity contribution in [1.29, 1.82) is 0 Å². The minimum absolute atomic E-state index is 0.833. The lowest BCUT2D eigenvalue weighted by Gasteiger charge is -1.72. The van der Waals surface area contributed by atoms with E-state index in [9.17, 15) is 4.79 Å². The van der Waals surface area contributed by atoms with Crippen molar-refractivity contribution >= 4 is 11.9 Å². The molecule has 0 aliphatic heterocycles. The van der Waals surface area contributed by atoms with Crippen molar-refractivity contribution in [2.45, 2.75) is 13.8 Å². The second-order valence-electron chi connectivity index (χ2n) is 1.74. The van der Waals surface area contributed by atoms with Crippen molar-refractivity contribution in [2.24, 2.45) is 0 Å². The van der Waals surface area contributed by atoms with Gasteiger partial charge >= 0.3 is 5.97 Å². The van der Waals surface area contributed by atoms with E-state index in [4.69, 9.17) is 15.0 Å². The minimum Gasteiger partial charge on any atom is -0.481 e. The number of hydrogen-bond acceptors (Lipinski definition) is 2. The molecular weight excluding hydrogens is 160 g/mol. The Kier molecular flexibility index (Phi) is 10.2. The summed E-state index contributed by atoms with van der Waals surface area (Å²) in [4.78, 5) is 18.8. The molecule has 0 atom stereocenters. The van der Waals surface area contributed by atoms with Gasteiger partial charge in [0.15, 0.2) is 0 Å². The number of rotatable bonds is 2. The van der Waals surface area contributed by atoms with Crippen LogP contribution in [0.5, 0.6) is 0 Å². The van der Waals surface area contributed by atoms with Crippen LogP contribution in [0.1, 0.15) is 13.8 Å². The van der Waals surface area contributed by atoms with Gasteiger partial charge in [-0.25, -0.2) is 4.79 Å². The second-order valence-corrected chi connectivity index (χ2v) is 1.74. The van der Waals surface area contributed by atoms with E-state index in [1.807, 2.05) is 6.92 Å². The Morgan fingerprint density at radius 2 is 1.58 bits per heavy atom. The van der Waals surface area contributed by atoms with Crippen molar-refractivity contribution in [3.8, 4) is 0 Å². The molecule has 0 saturated carbocycles. The average molecular weight is 172 g/mol. The van der Waals surface area contributed by atoms with Gasteiger partial charge in [0.25, 0.3) is 5.97 Å². The number of allylic oxidation sites excluding steroid dienone is 3. The van der Waals surface area contributed by atoms with Crippen molar-refractivity contribution in [1.82, 2.24) is 0 Å². The maximum atomic E-state index is 9.75. The van der Waals surface area contributed by atoms with Crippen LogP contribution in [0.15, 0.2) is 24.3 Å². The Morgan fingerprint density at radius 3 is 1.83 bits per heavy atom. The average Bonchev–Trinajstić information content (AvgIpc) is 1.86. The summed E-state index contributed by atoms with van der Waals surface area (Å²) >= 11 is 0. The summed E-state index contributed by atoms with van der Waals surface area (Å²) in [6, 6.07) is 0. The molecule has 0 saturated heterocycles. The molecule has 0 amide bonds. The number of carboxylic acids is 2. The van der Waals surface area contributed by atoms with Gasteiger partial charge in [0.05, 0.1) is 0 Å². The Hall–Kier alpha value is -1.58. The van der Waals surface area contributed by atoms with Gasteiger partial charge in [0, 0.05) is 13.0 Å². The Labute approximate surface area is 70.8 Å². The molecule has 12 heavy (non-hydrogen) atoms. The molecule has 0 unspecified atom stereocenters. The predicted molar refractivity (Wildman–Crippen MR) is 44.9 cm³/mol. The Morgan fingerprint density at radius 1 is 1.17 bits per heavy atom. The molecule has 4 heteroatoms. The van der Waals surface area contributed by atoms with Crippen LogP contribution in [0.2, 0.25) is 0 Å². The molecule has 0 bridgehead atoms. The number of aliphatic carboxylic acids is 2. The largest absolute Gasteiger partial charge is 0.481 e. The predicted octanol–water partition coefficient (Wildman–Crippen LogP) is 1.29. The third kappa shape index (κ3) is 39.6. The maximum absolute atomic E-state index is 9.75. The molecule has 0 aromatic carbocycles. The zero-order valence-electron chi connectivity index (χ0n) is 7.02. The van der Waals surface area contributed by atoms with Crippen molar-refractivity contribution in [3.63, 3.8) is 0 Å². The SMILES string of the molecule is C/C=C/C=C/C(=O)O.CC(=O)O. The highest BCUT2D eigenvalue weighted by atomic mass is 16.4. The van der Waals surface area contributed by atoms with Crippen molar-refractivity contribution in [3.05, 3.63) is 24.3 Å². The molecular formula is C8H12O4. The van der Waals surface area contributed by atoms with E-state index in [-0.39, 0.29) is 0 Å². The summed E-state index contributed by atoms with van der Waals surface area (Å²) in [5.74, 6) is -1.75. The van der Waals surface area contributed by atoms with Gasteiger partial charge in [-0.15, -0.1) is 0 Å². The maximum Gasteiger partial charge on any atom is 0.328 e. The molecule has 2 N–H and O–H groups in total. The zero-order chi connectivity index (χ0) is 9.98. The van der Waals surface area contributed by atoms with Gasteiger partial charge in [0.1, 0.15) is 0 Å². The highest BCUT2D eigenvalue weighted by molar-refractivity contribution is 5.80. The number of hydrogen-bond donors (Lipinski definition) is 2. The number of carbonyl (C=O) groups is 2. The first-order valence-electron chi connectivity index (χ1n) is 3.22. The highest BCUT2D eigenvalue weighted by Gasteiger charge is 1.78. The summed E-state index contributed by atoms with van der Waals surface area (Å²) in [7, 11) is 0. The van der Waals surface area contributed by atoms with E-state index in [0.717, 1.165) is 13.0 Å². The van der Waals surface area contributed by atoms with Crippen LogP contribution in [0.25, 0.3) is 0 Å². The molecule has 0 aromatic heterocycles. The molecule has 0 spiro atoms. The quantitative estimate of drug-likeness (QED) is 0.486. The molecule has 68 valence electrons. The Bertz CT molecular complexity index is 187. The molecule has 4 nitrogen and oxygen atoms in total. The molecule has 0 radical (unpaired) electrons. The molecule has 0 aromatic rings. The minimum atomic E-state index is -0.914. The van der Waals surface area contributed by atoms with Gasteiger partial charge in [-0.05, 0) is 6.92 Å². The smallest absolute Gasteiger partial charge is 0.328 e. The van der Waals surface area contributed by atoms with Gasteiger partial charge in [-0.2, -0.15) is 0 Å².